The van der Waals surface area contributed by atoms with Gasteiger partial charge in [-0.05, 0) is 80.0 Å². The number of rotatable bonds is 13. The molecular formula is C34H44Cl2N4O. The number of likely N-dealkylation sites (tertiary alicyclic amines) is 1. The third-order valence-electron chi connectivity index (χ3n) is 7.98. The second kappa shape index (κ2) is 15.6. The van der Waals surface area contributed by atoms with Crippen LogP contribution in [0, 0.1) is 5.92 Å². The van der Waals surface area contributed by atoms with E-state index in [0.717, 1.165) is 55.7 Å². The van der Waals surface area contributed by atoms with E-state index in [-0.39, 0.29) is 11.9 Å². The van der Waals surface area contributed by atoms with Crippen LogP contribution in [0.1, 0.15) is 80.8 Å². The molecule has 1 aliphatic heterocycles. The molecule has 4 rings (SSSR count). The number of benzene rings is 2. The Labute approximate surface area is 256 Å². The van der Waals surface area contributed by atoms with E-state index in [1.165, 1.54) is 31.2 Å². The standard InChI is InChI=1S/C34H44Cl2N4O/c1-4-5-6-7-26-8-12-28(13-9-26)34(41)40(30-17-20-39(21-18-30)19-16-25(2)3)24-27-10-14-29(15-11-27)38-33-31(35)22-37-23-32(33)36/h8-15,22-23,25,30H,4-7,16-21,24H2,1-3H3,(H,37,38). The first-order chi connectivity index (χ1) is 19.8. The lowest BCUT2D eigenvalue weighted by Crippen LogP contribution is -2.47. The molecule has 220 valence electrons. The molecule has 0 atom stereocenters. The van der Waals surface area contributed by atoms with Crippen LogP contribution >= 0.6 is 23.2 Å². The maximum Gasteiger partial charge on any atom is 0.254 e. The molecule has 0 saturated carbocycles. The van der Waals surface area contributed by atoms with Crippen molar-refractivity contribution in [3.63, 3.8) is 0 Å². The van der Waals surface area contributed by atoms with Gasteiger partial charge in [0, 0.05) is 49.3 Å². The predicted octanol–water partition coefficient (Wildman–Crippen LogP) is 9.02. The number of nitrogens with one attached hydrogen (secondary N) is 1. The van der Waals surface area contributed by atoms with E-state index >= 15 is 0 Å². The number of amides is 1. The smallest absolute Gasteiger partial charge is 0.254 e. The summed E-state index contributed by atoms with van der Waals surface area (Å²) in [6.45, 7) is 10.6. The minimum Gasteiger partial charge on any atom is -0.353 e. The summed E-state index contributed by atoms with van der Waals surface area (Å²) in [5.41, 5.74) is 4.67. The van der Waals surface area contributed by atoms with Crippen LogP contribution in [-0.2, 0) is 13.0 Å². The van der Waals surface area contributed by atoms with Crippen LogP contribution in [0.25, 0.3) is 0 Å². The van der Waals surface area contributed by atoms with Crippen LogP contribution in [0.15, 0.2) is 60.9 Å². The van der Waals surface area contributed by atoms with Crippen LogP contribution in [0.2, 0.25) is 10.0 Å². The zero-order valence-electron chi connectivity index (χ0n) is 24.7. The second-order valence-electron chi connectivity index (χ2n) is 11.6. The highest BCUT2D eigenvalue weighted by Crippen LogP contribution is 2.32. The van der Waals surface area contributed by atoms with E-state index in [2.05, 4.69) is 65.1 Å². The number of pyridine rings is 1. The Hall–Kier alpha value is -2.60. The highest BCUT2D eigenvalue weighted by molar-refractivity contribution is 6.39. The Bertz CT molecular complexity index is 1220. The molecular weight excluding hydrogens is 551 g/mol. The van der Waals surface area contributed by atoms with Crippen LogP contribution in [0.3, 0.4) is 0 Å². The van der Waals surface area contributed by atoms with Gasteiger partial charge in [-0.1, -0.05) is 81.1 Å². The van der Waals surface area contributed by atoms with Gasteiger partial charge < -0.3 is 15.1 Å². The quantitative estimate of drug-likeness (QED) is 0.200. The number of nitrogens with zero attached hydrogens (tertiary/aromatic N) is 3. The molecule has 41 heavy (non-hydrogen) atoms. The minimum absolute atomic E-state index is 0.114. The van der Waals surface area contributed by atoms with E-state index < -0.39 is 0 Å². The molecule has 1 amide bonds. The molecule has 0 spiro atoms. The molecule has 0 bridgehead atoms. The van der Waals surface area contributed by atoms with E-state index in [1.807, 2.05) is 24.3 Å². The van der Waals surface area contributed by atoms with Crippen LogP contribution < -0.4 is 5.32 Å². The number of hydrogen-bond acceptors (Lipinski definition) is 4. The first kappa shape index (κ1) is 31.3. The molecule has 5 nitrogen and oxygen atoms in total. The number of aromatic nitrogens is 1. The lowest BCUT2D eigenvalue weighted by molar-refractivity contribution is 0.0546. The van der Waals surface area contributed by atoms with E-state index in [4.69, 9.17) is 23.2 Å². The molecule has 3 aromatic rings. The van der Waals surface area contributed by atoms with Crippen molar-refractivity contribution in [3.8, 4) is 0 Å². The van der Waals surface area contributed by atoms with Crippen molar-refractivity contribution in [2.24, 2.45) is 5.92 Å². The Morgan fingerprint density at radius 3 is 2.22 bits per heavy atom. The molecule has 2 heterocycles. The highest BCUT2D eigenvalue weighted by atomic mass is 35.5. The largest absolute Gasteiger partial charge is 0.353 e. The van der Waals surface area contributed by atoms with Gasteiger partial charge in [-0.15, -0.1) is 0 Å². The van der Waals surface area contributed by atoms with Gasteiger partial charge in [-0.2, -0.15) is 0 Å². The fraction of sp³-hybridized carbons (Fsp3) is 0.471. The van der Waals surface area contributed by atoms with Gasteiger partial charge in [0.1, 0.15) is 0 Å². The van der Waals surface area contributed by atoms with Crippen molar-refractivity contribution in [3.05, 3.63) is 87.7 Å². The number of piperidine rings is 1. The Morgan fingerprint density at radius 1 is 0.976 bits per heavy atom. The van der Waals surface area contributed by atoms with E-state index in [1.54, 1.807) is 12.4 Å². The van der Waals surface area contributed by atoms with Crippen molar-refractivity contribution in [1.29, 1.82) is 0 Å². The summed E-state index contributed by atoms with van der Waals surface area (Å²) in [5, 5.41) is 4.23. The van der Waals surface area contributed by atoms with Gasteiger partial charge in [-0.3, -0.25) is 9.78 Å². The molecule has 1 saturated heterocycles. The third-order valence-corrected chi connectivity index (χ3v) is 8.55. The molecule has 0 unspecified atom stereocenters. The monoisotopic (exact) mass is 594 g/mol. The Morgan fingerprint density at radius 2 is 1.61 bits per heavy atom. The molecule has 7 heteroatoms. The second-order valence-corrected chi connectivity index (χ2v) is 12.5. The highest BCUT2D eigenvalue weighted by Gasteiger charge is 2.29. The maximum absolute atomic E-state index is 14.0. The Balaban J connectivity index is 1.48. The Kier molecular flexibility index (Phi) is 11.9. The fourth-order valence-corrected chi connectivity index (χ4v) is 5.85. The van der Waals surface area contributed by atoms with Crippen molar-refractivity contribution in [2.45, 2.75) is 78.3 Å². The maximum atomic E-state index is 14.0. The molecule has 1 N–H and O–H groups in total. The number of anilines is 2. The van der Waals surface area contributed by atoms with Crippen molar-refractivity contribution in [1.82, 2.24) is 14.8 Å². The van der Waals surface area contributed by atoms with Gasteiger partial charge in [0.15, 0.2) is 0 Å². The summed E-state index contributed by atoms with van der Waals surface area (Å²) in [6, 6.07) is 16.7. The number of unbranched alkanes of at least 4 members (excludes halogenated alkanes) is 2. The normalized spacial score (nSPS) is 14.4. The minimum atomic E-state index is 0.114. The van der Waals surface area contributed by atoms with E-state index in [9.17, 15) is 4.79 Å². The summed E-state index contributed by atoms with van der Waals surface area (Å²) >= 11 is 12.6. The average Bonchev–Trinajstić information content (AvgIpc) is 2.98. The summed E-state index contributed by atoms with van der Waals surface area (Å²) in [5.74, 6) is 0.821. The predicted molar refractivity (Wildman–Crippen MR) is 172 cm³/mol. The number of carbonyl (C=O) groups excluding carboxylic acids is 1. The van der Waals surface area contributed by atoms with Gasteiger partial charge in [0.25, 0.3) is 5.91 Å². The third kappa shape index (κ3) is 9.19. The van der Waals surface area contributed by atoms with Crippen molar-refractivity contribution < 1.29 is 4.79 Å². The number of aryl methyl sites for hydroxylation is 1. The molecule has 1 aliphatic rings. The van der Waals surface area contributed by atoms with Crippen LogP contribution in [0.4, 0.5) is 11.4 Å². The molecule has 1 fully saturated rings. The lowest BCUT2D eigenvalue weighted by Gasteiger charge is -2.39. The zero-order valence-corrected chi connectivity index (χ0v) is 26.2. The number of carbonyl (C=O) groups is 1. The van der Waals surface area contributed by atoms with Gasteiger partial charge in [0.05, 0.1) is 15.7 Å². The number of hydrogen-bond donors (Lipinski definition) is 1. The average molecular weight is 596 g/mol. The van der Waals surface area contributed by atoms with Crippen LogP contribution in [0.5, 0.6) is 0 Å². The van der Waals surface area contributed by atoms with Gasteiger partial charge >= 0.3 is 0 Å². The molecule has 2 aromatic carbocycles. The zero-order chi connectivity index (χ0) is 29.2. The fourth-order valence-electron chi connectivity index (χ4n) is 5.39. The number of halogens is 2. The molecule has 1 aromatic heterocycles. The first-order valence-electron chi connectivity index (χ1n) is 15.1. The summed E-state index contributed by atoms with van der Waals surface area (Å²) in [7, 11) is 0. The summed E-state index contributed by atoms with van der Waals surface area (Å²) in [6.07, 6.45) is 11.1. The topological polar surface area (TPSA) is 48.5 Å². The van der Waals surface area contributed by atoms with Gasteiger partial charge in [-0.25, -0.2) is 0 Å². The van der Waals surface area contributed by atoms with Crippen molar-refractivity contribution in [2.75, 3.05) is 25.0 Å². The summed E-state index contributed by atoms with van der Waals surface area (Å²) < 4.78 is 0. The molecule has 0 aliphatic carbocycles. The van der Waals surface area contributed by atoms with Crippen molar-refractivity contribution >= 4 is 40.5 Å². The van der Waals surface area contributed by atoms with E-state index in [0.29, 0.717) is 28.2 Å². The summed E-state index contributed by atoms with van der Waals surface area (Å²) in [4.78, 5) is 22.6. The first-order valence-corrected chi connectivity index (χ1v) is 15.9. The van der Waals surface area contributed by atoms with Gasteiger partial charge in [0.2, 0.25) is 0 Å². The molecule has 0 radical (unpaired) electrons. The van der Waals surface area contributed by atoms with Crippen LogP contribution in [-0.4, -0.2) is 46.4 Å². The lowest BCUT2D eigenvalue weighted by atomic mass is 9.99. The SMILES string of the molecule is CCCCCc1ccc(C(=O)N(Cc2ccc(Nc3c(Cl)cncc3Cl)cc2)C2CCN(CCC(C)C)CC2)cc1.